The first-order valence-corrected chi connectivity index (χ1v) is 6.17. The Hall–Kier alpha value is -2.77. The Labute approximate surface area is 115 Å². The van der Waals surface area contributed by atoms with Crippen molar-refractivity contribution in [3.63, 3.8) is 0 Å². The summed E-state index contributed by atoms with van der Waals surface area (Å²) in [6.45, 7) is 2.48. The van der Waals surface area contributed by atoms with E-state index < -0.39 is 0 Å². The predicted molar refractivity (Wildman–Crippen MR) is 72.2 cm³/mol. The standard InChI is InChI=1S/C12H14N8/c1-9-14-16-18-20(9)12-5-3-4-10(6-12)13-7-11-8-19(2)17-15-11/h3-6,8,13H,7H2,1-2H3. The molecule has 20 heavy (non-hydrogen) atoms. The van der Waals surface area contributed by atoms with Gasteiger partial charge >= 0.3 is 0 Å². The van der Waals surface area contributed by atoms with Gasteiger partial charge in [-0.15, -0.1) is 10.2 Å². The fourth-order valence-corrected chi connectivity index (χ4v) is 1.89. The molecule has 0 atom stereocenters. The van der Waals surface area contributed by atoms with Gasteiger partial charge in [0.25, 0.3) is 0 Å². The topological polar surface area (TPSA) is 86.3 Å². The van der Waals surface area contributed by atoms with E-state index in [-0.39, 0.29) is 0 Å². The zero-order valence-corrected chi connectivity index (χ0v) is 11.2. The highest BCUT2D eigenvalue weighted by Gasteiger charge is 2.04. The second kappa shape index (κ2) is 5.08. The van der Waals surface area contributed by atoms with Crippen LogP contribution in [0, 0.1) is 6.92 Å². The lowest BCUT2D eigenvalue weighted by atomic mass is 10.2. The molecule has 1 N–H and O–H groups in total. The molecule has 8 heteroatoms. The SMILES string of the molecule is Cc1nnnn1-c1cccc(NCc2cn(C)nn2)c1. The van der Waals surface area contributed by atoms with Crippen molar-refractivity contribution in [3.8, 4) is 5.69 Å². The van der Waals surface area contributed by atoms with Gasteiger partial charge in [-0.25, -0.2) is 0 Å². The smallest absolute Gasteiger partial charge is 0.153 e. The normalized spacial score (nSPS) is 10.7. The number of nitrogens with one attached hydrogen (secondary N) is 1. The molecular formula is C12H14N8. The molecule has 3 rings (SSSR count). The molecule has 2 aromatic heterocycles. The number of hydrogen-bond donors (Lipinski definition) is 1. The predicted octanol–water partition coefficient (Wildman–Crippen LogP) is 0.711. The number of hydrogen-bond acceptors (Lipinski definition) is 6. The highest BCUT2D eigenvalue weighted by Crippen LogP contribution is 2.15. The van der Waals surface area contributed by atoms with Crippen LogP contribution >= 0.6 is 0 Å². The van der Waals surface area contributed by atoms with Crippen LogP contribution in [0.25, 0.3) is 5.69 Å². The zero-order valence-electron chi connectivity index (χ0n) is 11.2. The second-order valence-corrected chi connectivity index (χ2v) is 4.43. The highest BCUT2D eigenvalue weighted by atomic mass is 15.5. The van der Waals surface area contributed by atoms with Gasteiger partial charge in [0.2, 0.25) is 0 Å². The van der Waals surface area contributed by atoms with Gasteiger partial charge in [-0.2, -0.15) is 4.68 Å². The largest absolute Gasteiger partial charge is 0.379 e. The lowest BCUT2D eigenvalue weighted by Crippen LogP contribution is -2.03. The molecule has 0 aliphatic heterocycles. The van der Waals surface area contributed by atoms with E-state index in [9.17, 15) is 0 Å². The fraction of sp³-hybridized carbons (Fsp3) is 0.250. The summed E-state index contributed by atoms with van der Waals surface area (Å²) in [5.74, 6) is 0.746. The van der Waals surface area contributed by atoms with Crippen molar-refractivity contribution < 1.29 is 0 Å². The minimum Gasteiger partial charge on any atom is -0.379 e. The first-order chi connectivity index (χ1) is 9.72. The molecule has 0 radical (unpaired) electrons. The van der Waals surface area contributed by atoms with Crippen molar-refractivity contribution >= 4 is 5.69 Å². The van der Waals surface area contributed by atoms with Crippen LogP contribution in [0.1, 0.15) is 11.5 Å². The van der Waals surface area contributed by atoms with Gasteiger partial charge in [-0.1, -0.05) is 11.3 Å². The van der Waals surface area contributed by atoms with E-state index in [4.69, 9.17) is 0 Å². The van der Waals surface area contributed by atoms with Crippen molar-refractivity contribution in [1.82, 2.24) is 35.2 Å². The number of rotatable bonds is 4. The summed E-state index contributed by atoms with van der Waals surface area (Å²) in [5, 5.41) is 22.7. The Morgan fingerprint density at radius 3 is 2.80 bits per heavy atom. The third-order valence-corrected chi connectivity index (χ3v) is 2.84. The summed E-state index contributed by atoms with van der Waals surface area (Å²) in [6, 6.07) is 7.88. The van der Waals surface area contributed by atoms with Gasteiger partial charge in [0, 0.05) is 18.9 Å². The van der Waals surface area contributed by atoms with Crippen LogP contribution in [0.5, 0.6) is 0 Å². The van der Waals surface area contributed by atoms with Gasteiger partial charge < -0.3 is 5.32 Å². The number of aryl methyl sites for hydroxylation is 2. The van der Waals surface area contributed by atoms with Crippen LogP contribution in [-0.2, 0) is 13.6 Å². The second-order valence-electron chi connectivity index (χ2n) is 4.43. The van der Waals surface area contributed by atoms with Gasteiger partial charge in [0.1, 0.15) is 5.69 Å². The monoisotopic (exact) mass is 270 g/mol. The minimum atomic E-state index is 0.617. The fourth-order valence-electron chi connectivity index (χ4n) is 1.89. The Balaban J connectivity index is 1.76. The van der Waals surface area contributed by atoms with Crippen LogP contribution in [0.3, 0.4) is 0 Å². The maximum absolute atomic E-state index is 4.03. The van der Waals surface area contributed by atoms with Crippen LogP contribution in [0.4, 0.5) is 5.69 Å². The number of benzene rings is 1. The molecule has 0 aliphatic rings. The number of nitrogens with zero attached hydrogens (tertiary/aromatic N) is 7. The minimum absolute atomic E-state index is 0.617. The number of aromatic nitrogens is 7. The van der Waals surface area contributed by atoms with E-state index in [1.54, 1.807) is 9.36 Å². The average Bonchev–Trinajstić information content (AvgIpc) is 3.05. The first-order valence-electron chi connectivity index (χ1n) is 6.17. The van der Waals surface area contributed by atoms with Crippen LogP contribution in [0.2, 0.25) is 0 Å². The maximum atomic E-state index is 4.03. The summed E-state index contributed by atoms with van der Waals surface area (Å²) in [5.41, 5.74) is 2.77. The molecule has 0 aliphatic carbocycles. The van der Waals surface area contributed by atoms with Gasteiger partial charge in [-0.3, -0.25) is 4.68 Å². The molecule has 0 unspecified atom stereocenters. The summed E-state index contributed by atoms with van der Waals surface area (Å²) < 4.78 is 3.37. The van der Waals surface area contributed by atoms with Gasteiger partial charge in [-0.05, 0) is 35.5 Å². The third kappa shape index (κ3) is 2.48. The van der Waals surface area contributed by atoms with E-state index in [2.05, 4.69) is 31.2 Å². The lowest BCUT2D eigenvalue weighted by Gasteiger charge is -2.07. The quantitative estimate of drug-likeness (QED) is 0.751. The van der Waals surface area contributed by atoms with Gasteiger partial charge in [0.05, 0.1) is 12.2 Å². The van der Waals surface area contributed by atoms with Crippen molar-refractivity contribution in [2.45, 2.75) is 13.5 Å². The number of anilines is 1. The summed E-state index contributed by atoms with van der Waals surface area (Å²) >= 11 is 0. The molecule has 0 fully saturated rings. The molecule has 0 amide bonds. The molecule has 0 spiro atoms. The van der Waals surface area contributed by atoms with E-state index in [0.717, 1.165) is 22.9 Å². The molecule has 0 saturated heterocycles. The van der Waals surface area contributed by atoms with Crippen molar-refractivity contribution in [3.05, 3.63) is 42.0 Å². The van der Waals surface area contributed by atoms with E-state index in [1.807, 2.05) is 44.4 Å². The first kappa shape index (κ1) is 12.3. The average molecular weight is 270 g/mol. The Kier molecular flexibility index (Phi) is 3.12. The summed E-state index contributed by atoms with van der Waals surface area (Å²) in [6.07, 6.45) is 1.88. The molecule has 0 bridgehead atoms. The zero-order chi connectivity index (χ0) is 13.9. The Morgan fingerprint density at radius 2 is 2.10 bits per heavy atom. The van der Waals surface area contributed by atoms with E-state index >= 15 is 0 Å². The molecule has 8 nitrogen and oxygen atoms in total. The molecule has 0 saturated carbocycles. The summed E-state index contributed by atoms with van der Waals surface area (Å²) in [7, 11) is 1.84. The maximum Gasteiger partial charge on any atom is 0.153 e. The molecule has 1 aromatic carbocycles. The van der Waals surface area contributed by atoms with Crippen LogP contribution in [-0.4, -0.2) is 35.2 Å². The molecule has 102 valence electrons. The van der Waals surface area contributed by atoms with Crippen molar-refractivity contribution in [1.29, 1.82) is 0 Å². The van der Waals surface area contributed by atoms with Crippen molar-refractivity contribution in [2.24, 2.45) is 7.05 Å². The molecular weight excluding hydrogens is 256 g/mol. The third-order valence-electron chi connectivity index (χ3n) is 2.84. The highest BCUT2D eigenvalue weighted by molar-refractivity contribution is 5.51. The number of tetrazole rings is 1. The summed E-state index contributed by atoms with van der Waals surface area (Å²) in [4.78, 5) is 0. The van der Waals surface area contributed by atoms with Crippen molar-refractivity contribution in [2.75, 3.05) is 5.32 Å². The lowest BCUT2D eigenvalue weighted by molar-refractivity contribution is 0.713. The molecule has 2 heterocycles. The Morgan fingerprint density at radius 1 is 1.20 bits per heavy atom. The Bertz CT molecular complexity index is 714. The molecule has 3 aromatic rings. The van der Waals surface area contributed by atoms with Crippen LogP contribution < -0.4 is 5.32 Å². The van der Waals surface area contributed by atoms with E-state index in [1.165, 1.54) is 0 Å². The van der Waals surface area contributed by atoms with Gasteiger partial charge in [0.15, 0.2) is 5.82 Å². The van der Waals surface area contributed by atoms with E-state index in [0.29, 0.717) is 6.54 Å². The van der Waals surface area contributed by atoms with Crippen LogP contribution in [0.15, 0.2) is 30.5 Å².